The third-order valence-corrected chi connectivity index (χ3v) is 7.71. The Morgan fingerprint density at radius 1 is 0.837 bits per heavy atom. The summed E-state index contributed by atoms with van der Waals surface area (Å²) in [5.41, 5.74) is -1.26. The zero-order valence-electron chi connectivity index (χ0n) is 24.5. The number of aliphatic hydroxyl groups excluding tert-OH is 1. The molecule has 0 radical (unpaired) electrons. The van der Waals surface area contributed by atoms with Crippen molar-refractivity contribution < 1.29 is 50.5 Å². The molecule has 0 amide bonds. The summed E-state index contributed by atoms with van der Waals surface area (Å²) >= 11 is 0. The van der Waals surface area contributed by atoms with Crippen LogP contribution in [0.15, 0.2) is 21.9 Å². The first-order valence-corrected chi connectivity index (χ1v) is 16.5. The third-order valence-electron chi connectivity index (χ3n) is 6.64. The molecule has 43 heavy (non-hydrogen) atoms. The molecule has 3 N–H and O–H groups in total. The summed E-state index contributed by atoms with van der Waals surface area (Å²) in [6, 6.07) is 1.13. The van der Waals surface area contributed by atoms with Crippen LogP contribution >= 0.6 is 7.60 Å². The van der Waals surface area contributed by atoms with Gasteiger partial charge in [0.15, 0.2) is 0 Å². The lowest BCUT2D eigenvalue weighted by Gasteiger charge is -2.19. The molecule has 1 aromatic rings. The number of aromatic nitrogens is 2. The van der Waals surface area contributed by atoms with Crippen molar-refractivity contribution in [1.82, 2.24) is 9.55 Å². The minimum absolute atomic E-state index is 0.0195. The molecule has 0 aromatic carbocycles. The molecule has 0 aliphatic rings. The second-order valence-electron chi connectivity index (χ2n) is 10.5. The van der Waals surface area contributed by atoms with Crippen molar-refractivity contribution in [2.24, 2.45) is 0 Å². The van der Waals surface area contributed by atoms with Crippen LogP contribution < -0.4 is 11.2 Å². The Balaban J connectivity index is 1.93. The summed E-state index contributed by atoms with van der Waals surface area (Å²) in [5, 5.41) is 9.42. The number of rotatable bonds is 26. The van der Waals surface area contributed by atoms with Gasteiger partial charge in [0.05, 0.1) is 25.9 Å². The zero-order chi connectivity index (χ0) is 32.2. The van der Waals surface area contributed by atoms with Gasteiger partial charge in [-0.05, 0) is 19.3 Å². The van der Waals surface area contributed by atoms with Gasteiger partial charge in [0, 0.05) is 31.9 Å². The molecule has 0 saturated carbocycles. The number of hydrogen-bond acceptors (Lipinski definition) is 7. The van der Waals surface area contributed by atoms with Gasteiger partial charge < -0.3 is 24.0 Å². The SMILES string of the molecule is O=c1ccn(CC(CO)OCP(=O)(O)OCCCOCCCCCCCCCCCCCCC(F)(F)C(F)(F)F)c(=O)[nH]1. The summed E-state index contributed by atoms with van der Waals surface area (Å²) in [7, 11) is -4.08. The van der Waals surface area contributed by atoms with E-state index in [0.29, 0.717) is 32.5 Å². The van der Waals surface area contributed by atoms with Crippen molar-refractivity contribution >= 4 is 7.60 Å². The van der Waals surface area contributed by atoms with Crippen LogP contribution in [0, 0.1) is 0 Å². The van der Waals surface area contributed by atoms with Crippen LogP contribution in [0.5, 0.6) is 0 Å². The highest BCUT2D eigenvalue weighted by atomic mass is 31.2. The van der Waals surface area contributed by atoms with E-state index in [9.17, 15) is 46.1 Å². The summed E-state index contributed by atoms with van der Waals surface area (Å²) in [5.74, 6) is -4.59. The Morgan fingerprint density at radius 3 is 1.91 bits per heavy atom. The predicted octanol–water partition coefficient (Wildman–Crippen LogP) is 5.75. The number of H-pyrrole nitrogens is 1. The number of aliphatic hydroxyl groups is 1. The minimum atomic E-state index is -5.46. The molecule has 2 unspecified atom stereocenters. The van der Waals surface area contributed by atoms with Crippen molar-refractivity contribution in [3.05, 3.63) is 33.1 Å². The first-order chi connectivity index (χ1) is 20.3. The Kier molecular flexibility index (Phi) is 19.4. The highest BCUT2D eigenvalue weighted by molar-refractivity contribution is 7.52. The van der Waals surface area contributed by atoms with Crippen LogP contribution in [0.1, 0.15) is 89.9 Å². The van der Waals surface area contributed by atoms with Crippen LogP contribution in [0.25, 0.3) is 0 Å². The van der Waals surface area contributed by atoms with Gasteiger partial charge in [0.2, 0.25) is 0 Å². The van der Waals surface area contributed by atoms with Gasteiger partial charge in [-0.25, -0.2) is 4.79 Å². The number of unbranched alkanes of at least 4 members (excludes halogenated alkanes) is 11. The van der Waals surface area contributed by atoms with Gasteiger partial charge in [-0.1, -0.05) is 64.2 Å². The fraction of sp³-hybridized carbons (Fsp3) is 0.852. The molecule has 1 heterocycles. The van der Waals surface area contributed by atoms with E-state index in [1.165, 1.54) is 6.20 Å². The normalized spacial score (nSPS) is 14.6. The van der Waals surface area contributed by atoms with Crippen molar-refractivity contribution in [2.45, 2.75) is 115 Å². The number of halogens is 5. The third kappa shape index (κ3) is 18.7. The monoisotopic (exact) mass is 652 g/mol. The van der Waals surface area contributed by atoms with E-state index in [4.69, 9.17) is 14.0 Å². The van der Waals surface area contributed by atoms with E-state index in [2.05, 4.69) is 4.98 Å². The quantitative estimate of drug-likeness (QED) is 0.0653. The smallest absolute Gasteiger partial charge is 0.394 e. The second-order valence-corrected chi connectivity index (χ2v) is 12.3. The topological polar surface area (TPSA) is 140 Å². The number of hydrogen-bond donors (Lipinski definition) is 3. The van der Waals surface area contributed by atoms with E-state index >= 15 is 0 Å². The van der Waals surface area contributed by atoms with Crippen LogP contribution in [0.2, 0.25) is 0 Å². The van der Waals surface area contributed by atoms with Gasteiger partial charge in [0.1, 0.15) is 6.35 Å². The zero-order valence-corrected chi connectivity index (χ0v) is 25.4. The molecule has 0 spiro atoms. The Labute approximate surface area is 248 Å². The lowest BCUT2D eigenvalue weighted by molar-refractivity contribution is -0.284. The highest BCUT2D eigenvalue weighted by Crippen LogP contribution is 2.42. The minimum Gasteiger partial charge on any atom is -0.394 e. The highest BCUT2D eigenvalue weighted by Gasteiger charge is 2.56. The molecule has 1 aromatic heterocycles. The molecule has 252 valence electrons. The van der Waals surface area contributed by atoms with E-state index < -0.39 is 56.4 Å². The number of aromatic amines is 1. The number of nitrogens with zero attached hydrogens (tertiary/aromatic N) is 1. The van der Waals surface area contributed by atoms with Gasteiger partial charge >= 0.3 is 25.4 Å². The number of alkyl halides is 5. The molecular formula is C27H46F5N2O8P. The largest absolute Gasteiger partial charge is 0.453 e. The van der Waals surface area contributed by atoms with E-state index in [1.807, 2.05) is 0 Å². The summed E-state index contributed by atoms with van der Waals surface area (Å²) in [6.07, 6.45) is 3.39. The van der Waals surface area contributed by atoms with Crippen molar-refractivity contribution in [3.63, 3.8) is 0 Å². The molecule has 0 bridgehead atoms. The standard InChI is InChI=1S/C27H46F5N2O8P/c28-26(29,27(30,31)32)15-11-9-7-5-3-1-2-4-6-8-10-12-17-40-18-13-19-42-43(38,39)22-41-23(21-35)20-34-16-14-24(36)33-25(34)37/h14,16,23,35H,1-13,15,17-22H2,(H,38,39)(H,33,36,37). The molecule has 16 heteroatoms. The molecule has 0 saturated heterocycles. The average molecular weight is 653 g/mol. The number of ether oxygens (including phenoxy) is 2. The first kappa shape index (κ1) is 39.4. The van der Waals surface area contributed by atoms with Crippen LogP contribution in [-0.4, -0.2) is 70.5 Å². The lowest BCUT2D eigenvalue weighted by Crippen LogP contribution is -2.36. The van der Waals surface area contributed by atoms with Gasteiger partial charge in [-0.15, -0.1) is 0 Å². The fourth-order valence-electron chi connectivity index (χ4n) is 4.14. The van der Waals surface area contributed by atoms with Crippen molar-refractivity contribution in [3.8, 4) is 0 Å². The van der Waals surface area contributed by atoms with Gasteiger partial charge in [0.25, 0.3) is 5.56 Å². The summed E-state index contributed by atoms with van der Waals surface area (Å²) in [6.45, 7) is 0.262. The van der Waals surface area contributed by atoms with Crippen molar-refractivity contribution in [2.75, 3.05) is 32.8 Å². The van der Waals surface area contributed by atoms with Crippen LogP contribution in [0.3, 0.4) is 0 Å². The first-order valence-electron chi connectivity index (χ1n) is 14.8. The lowest BCUT2D eigenvalue weighted by atomic mass is 10.0. The van der Waals surface area contributed by atoms with E-state index in [-0.39, 0.29) is 19.6 Å². The van der Waals surface area contributed by atoms with E-state index in [1.54, 1.807) is 0 Å². The van der Waals surface area contributed by atoms with Crippen LogP contribution in [0.4, 0.5) is 22.0 Å². The predicted molar refractivity (Wildman–Crippen MR) is 150 cm³/mol. The molecule has 2 atom stereocenters. The fourth-order valence-corrected chi connectivity index (χ4v) is 5.03. The Morgan fingerprint density at radius 2 is 1.37 bits per heavy atom. The molecule has 1 rings (SSSR count). The summed E-state index contributed by atoms with van der Waals surface area (Å²) < 4.78 is 90.9. The van der Waals surface area contributed by atoms with Crippen molar-refractivity contribution in [1.29, 1.82) is 0 Å². The maximum atomic E-state index is 12.8. The molecule has 0 aliphatic carbocycles. The summed E-state index contributed by atoms with van der Waals surface area (Å²) in [4.78, 5) is 34.8. The van der Waals surface area contributed by atoms with Gasteiger partial charge in [-0.2, -0.15) is 22.0 Å². The second kappa shape index (κ2) is 21.2. The molecule has 0 aliphatic heterocycles. The van der Waals surface area contributed by atoms with Gasteiger partial charge in [-0.3, -0.25) is 18.9 Å². The molecule has 0 fully saturated rings. The van der Waals surface area contributed by atoms with E-state index in [0.717, 1.165) is 68.4 Å². The maximum absolute atomic E-state index is 12.8. The maximum Gasteiger partial charge on any atom is 0.453 e. The Bertz CT molecular complexity index is 1040. The van der Waals surface area contributed by atoms with Crippen LogP contribution in [-0.2, 0) is 25.1 Å². The average Bonchev–Trinajstić information content (AvgIpc) is 2.92. The number of nitrogens with one attached hydrogen (secondary N) is 1. The molecule has 10 nitrogen and oxygen atoms in total. The molecular weight excluding hydrogens is 606 g/mol. The Hall–Kier alpha value is -1.64.